The first-order chi connectivity index (χ1) is 12.0. The zero-order valence-corrected chi connectivity index (χ0v) is 15.3. The van der Waals surface area contributed by atoms with Crippen LogP contribution < -0.4 is 0 Å². The van der Waals surface area contributed by atoms with Crippen LogP contribution in [0.5, 0.6) is 0 Å². The highest BCUT2D eigenvalue weighted by Crippen LogP contribution is 2.58. The molecular weight excluding hydrogens is 340 g/mol. The van der Waals surface area contributed by atoms with E-state index in [1.54, 1.807) is 11.8 Å². The number of carboxylic acid groups (broad SMARTS) is 1. The van der Waals surface area contributed by atoms with E-state index >= 15 is 0 Å². The number of epoxide rings is 1. The number of β-lactam (4-membered cyclic amide) rings is 1. The molecule has 3 atom stereocenters. The Kier molecular flexibility index (Phi) is 3.53. The lowest BCUT2D eigenvalue weighted by atomic mass is 9.82. The number of hydrogen-bond acceptors (Lipinski definition) is 5. The summed E-state index contributed by atoms with van der Waals surface area (Å²) in [6.45, 7) is 4.57. The number of carboxylic acids is 1. The van der Waals surface area contributed by atoms with Crippen LogP contribution in [0, 0.1) is 5.92 Å². The van der Waals surface area contributed by atoms with Crippen LogP contribution in [-0.4, -0.2) is 69.4 Å². The maximum Gasteiger partial charge on any atom is 0.353 e. The van der Waals surface area contributed by atoms with E-state index < -0.39 is 11.6 Å². The van der Waals surface area contributed by atoms with Crippen molar-refractivity contribution in [3.63, 3.8) is 0 Å². The highest BCUT2D eigenvalue weighted by Gasteiger charge is 2.76. The maximum absolute atomic E-state index is 12.3. The van der Waals surface area contributed by atoms with Gasteiger partial charge in [-0.05, 0) is 12.8 Å². The van der Waals surface area contributed by atoms with Crippen LogP contribution in [0.15, 0.2) is 10.6 Å². The zero-order valence-electron chi connectivity index (χ0n) is 14.4. The van der Waals surface area contributed by atoms with Crippen LogP contribution in [0.25, 0.3) is 0 Å². The van der Waals surface area contributed by atoms with Crippen LogP contribution in [0.2, 0.25) is 0 Å². The average Bonchev–Trinajstić information content (AvgIpc) is 3.33. The Balaban J connectivity index is 1.29. The normalized spacial score (nSPS) is 38.8. The molecule has 5 rings (SSSR count). The molecule has 0 aromatic rings. The quantitative estimate of drug-likeness (QED) is 0.604. The third-order valence-corrected chi connectivity index (χ3v) is 8.07. The summed E-state index contributed by atoms with van der Waals surface area (Å²) in [7, 11) is 0. The SMILES string of the molecule is CC1C(SC2CN(C3CCCCC3)C2)=C(C(=O)O)N2C(=O)C3(CO3)C12. The Morgan fingerprint density at radius 2 is 1.96 bits per heavy atom. The third-order valence-electron chi connectivity index (χ3n) is 6.62. The van der Waals surface area contributed by atoms with E-state index in [0.29, 0.717) is 11.9 Å². The highest BCUT2D eigenvalue weighted by molar-refractivity contribution is 8.03. The molecule has 1 spiro atoms. The summed E-state index contributed by atoms with van der Waals surface area (Å²) in [5, 5.41) is 10.1. The van der Waals surface area contributed by atoms with Gasteiger partial charge in [0.25, 0.3) is 5.91 Å². The van der Waals surface area contributed by atoms with Gasteiger partial charge in [-0.2, -0.15) is 0 Å². The predicted octanol–water partition coefficient (Wildman–Crippen LogP) is 1.66. The van der Waals surface area contributed by atoms with E-state index in [0.717, 1.165) is 24.0 Å². The second kappa shape index (κ2) is 5.47. The molecule has 4 heterocycles. The number of ether oxygens (including phenoxy) is 1. The molecule has 3 unspecified atom stereocenters. The number of aliphatic carboxylic acids is 1. The summed E-state index contributed by atoms with van der Waals surface area (Å²) in [5.74, 6) is -1.08. The molecule has 4 aliphatic heterocycles. The minimum absolute atomic E-state index is 0.0556. The van der Waals surface area contributed by atoms with Gasteiger partial charge in [-0.3, -0.25) is 14.6 Å². The lowest BCUT2D eigenvalue weighted by molar-refractivity contribution is -0.158. The van der Waals surface area contributed by atoms with E-state index in [2.05, 4.69) is 4.90 Å². The lowest BCUT2D eigenvalue weighted by Gasteiger charge is -2.46. The molecular formula is C18H24N2O4S. The molecule has 0 aromatic carbocycles. The Bertz CT molecular complexity index is 662. The van der Waals surface area contributed by atoms with Crippen molar-refractivity contribution in [2.24, 2.45) is 5.92 Å². The first-order valence-electron chi connectivity index (χ1n) is 9.39. The first kappa shape index (κ1) is 16.1. The van der Waals surface area contributed by atoms with Gasteiger partial charge in [0.15, 0.2) is 5.60 Å². The van der Waals surface area contributed by atoms with E-state index in [1.165, 1.54) is 37.0 Å². The molecule has 3 saturated heterocycles. The molecule has 1 N–H and O–H groups in total. The summed E-state index contributed by atoms with van der Waals surface area (Å²) in [5.41, 5.74) is -0.486. The molecule has 25 heavy (non-hydrogen) atoms. The van der Waals surface area contributed by atoms with E-state index in [-0.39, 0.29) is 23.6 Å². The van der Waals surface area contributed by atoms with Gasteiger partial charge < -0.3 is 9.84 Å². The number of carbonyl (C=O) groups is 2. The summed E-state index contributed by atoms with van der Waals surface area (Å²) in [6.07, 6.45) is 6.66. The number of rotatable bonds is 4. The average molecular weight is 364 g/mol. The lowest BCUT2D eigenvalue weighted by Crippen LogP contribution is -2.67. The van der Waals surface area contributed by atoms with Crippen molar-refractivity contribution in [3.05, 3.63) is 10.6 Å². The fourth-order valence-electron chi connectivity index (χ4n) is 5.16. The smallest absolute Gasteiger partial charge is 0.353 e. The minimum atomic E-state index is -0.982. The van der Waals surface area contributed by atoms with Gasteiger partial charge in [-0.15, -0.1) is 11.8 Å². The van der Waals surface area contributed by atoms with Gasteiger partial charge in [-0.25, -0.2) is 4.79 Å². The van der Waals surface area contributed by atoms with Gasteiger partial charge in [0.2, 0.25) is 0 Å². The summed E-state index contributed by atoms with van der Waals surface area (Å²) < 4.78 is 5.42. The molecule has 4 fully saturated rings. The number of likely N-dealkylation sites (tertiary alicyclic amines) is 1. The van der Waals surface area contributed by atoms with Crippen molar-refractivity contribution in [1.82, 2.24) is 9.80 Å². The number of hydrogen-bond donors (Lipinski definition) is 1. The van der Waals surface area contributed by atoms with Crippen molar-refractivity contribution in [2.45, 2.75) is 62.0 Å². The number of nitrogens with zero attached hydrogens (tertiary/aromatic N) is 2. The Morgan fingerprint density at radius 3 is 2.56 bits per heavy atom. The maximum atomic E-state index is 12.3. The Morgan fingerprint density at radius 1 is 1.28 bits per heavy atom. The van der Waals surface area contributed by atoms with E-state index in [1.807, 2.05) is 6.92 Å². The molecule has 1 amide bonds. The number of thioether (sulfide) groups is 1. The van der Waals surface area contributed by atoms with Gasteiger partial charge in [0, 0.05) is 35.2 Å². The largest absolute Gasteiger partial charge is 0.477 e. The van der Waals surface area contributed by atoms with Crippen LogP contribution >= 0.6 is 11.8 Å². The number of carbonyl (C=O) groups excluding carboxylic acids is 1. The molecule has 7 heteroatoms. The summed E-state index contributed by atoms with van der Waals surface area (Å²) in [4.78, 5) is 29.1. The predicted molar refractivity (Wildman–Crippen MR) is 93.0 cm³/mol. The summed E-state index contributed by atoms with van der Waals surface area (Å²) >= 11 is 1.69. The molecule has 5 aliphatic rings. The second-order valence-corrected chi connectivity index (χ2v) is 9.43. The molecule has 136 valence electrons. The van der Waals surface area contributed by atoms with Crippen molar-refractivity contribution in [3.8, 4) is 0 Å². The first-order valence-corrected chi connectivity index (χ1v) is 10.3. The monoisotopic (exact) mass is 364 g/mol. The van der Waals surface area contributed by atoms with Crippen LogP contribution in [-0.2, 0) is 14.3 Å². The fourth-order valence-corrected chi connectivity index (χ4v) is 6.69. The topological polar surface area (TPSA) is 73.4 Å². The van der Waals surface area contributed by atoms with Crippen molar-refractivity contribution >= 4 is 23.6 Å². The number of amides is 1. The summed E-state index contributed by atoms with van der Waals surface area (Å²) in [6, 6.07) is 0.618. The third kappa shape index (κ3) is 2.18. The van der Waals surface area contributed by atoms with Crippen LogP contribution in [0.3, 0.4) is 0 Å². The van der Waals surface area contributed by atoms with Crippen LogP contribution in [0.4, 0.5) is 0 Å². The molecule has 0 aromatic heterocycles. The van der Waals surface area contributed by atoms with Gasteiger partial charge in [0.1, 0.15) is 5.70 Å². The molecule has 6 nitrogen and oxygen atoms in total. The zero-order chi connectivity index (χ0) is 17.3. The standard InChI is InChI=1S/C18H24N2O4S/c1-10-14(25-12-7-19(8-12)11-5-3-2-4-6-11)13(16(21)22)20-15(10)18(9-24-18)17(20)23/h10-12,15H,2-9H2,1H3,(H,21,22). The molecule has 1 aliphatic carbocycles. The molecule has 0 radical (unpaired) electrons. The van der Waals surface area contributed by atoms with E-state index in [4.69, 9.17) is 4.74 Å². The highest BCUT2D eigenvalue weighted by atomic mass is 32.2. The fraction of sp³-hybridized carbons (Fsp3) is 0.778. The van der Waals surface area contributed by atoms with Gasteiger partial charge in [-0.1, -0.05) is 26.2 Å². The van der Waals surface area contributed by atoms with Crippen molar-refractivity contribution in [2.75, 3.05) is 19.7 Å². The Labute approximate surface area is 151 Å². The minimum Gasteiger partial charge on any atom is -0.477 e. The Hall–Kier alpha value is -1.05. The van der Waals surface area contributed by atoms with Crippen LogP contribution in [0.1, 0.15) is 39.0 Å². The van der Waals surface area contributed by atoms with E-state index in [9.17, 15) is 14.7 Å². The van der Waals surface area contributed by atoms with Gasteiger partial charge in [0.05, 0.1) is 12.6 Å². The number of fused-ring (bicyclic) bond motifs is 2. The van der Waals surface area contributed by atoms with Crippen molar-refractivity contribution < 1.29 is 19.4 Å². The van der Waals surface area contributed by atoms with Gasteiger partial charge >= 0.3 is 5.97 Å². The molecule has 1 saturated carbocycles. The van der Waals surface area contributed by atoms with Crippen molar-refractivity contribution in [1.29, 1.82) is 0 Å². The second-order valence-electron chi connectivity index (χ2n) is 8.09. The molecule has 0 bridgehead atoms.